The van der Waals surface area contributed by atoms with Crippen LogP contribution in [0.4, 0.5) is 0 Å². The molecule has 0 aliphatic carbocycles. The summed E-state index contributed by atoms with van der Waals surface area (Å²) in [5.74, 6) is 0.887. The van der Waals surface area contributed by atoms with E-state index in [2.05, 4.69) is 0 Å². The van der Waals surface area contributed by atoms with Crippen molar-refractivity contribution in [3.63, 3.8) is 0 Å². The Labute approximate surface area is 89.7 Å². The van der Waals surface area contributed by atoms with Crippen molar-refractivity contribution in [1.29, 1.82) is 0 Å². The molecule has 0 saturated carbocycles. The fraction of sp³-hybridized carbons (Fsp3) is 0.250. The Bertz CT molecular complexity index is 316. The molecule has 0 N–H and O–H groups in total. The first kappa shape index (κ1) is 9.48. The van der Waals surface area contributed by atoms with Crippen molar-refractivity contribution in [2.75, 3.05) is 6.61 Å². The predicted molar refractivity (Wildman–Crippen MR) is 52.7 cm³/mol. The van der Waals surface area contributed by atoms with E-state index in [0.29, 0.717) is 6.61 Å². The molecule has 0 unspecified atom stereocenters. The van der Waals surface area contributed by atoms with Gasteiger partial charge >= 0.3 is 90.0 Å². The predicted octanol–water partition coefficient (Wildman–Crippen LogP) is 2.31. The van der Waals surface area contributed by atoms with Crippen LogP contribution in [0.1, 0.15) is 0 Å². The summed E-state index contributed by atoms with van der Waals surface area (Å²) < 4.78 is 22.6. The standard InChI is InChI=1S/C8H9O.O3P.Pb/c1-2-9-8-6-4-3-5-7-8;1-4(2)3;/h3-7H,1-2H2;;/q;-3;+3. The van der Waals surface area contributed by atoms with Crippen LogP contribution in [0.2, 0.25) is 3.98 Å². The molecule has 4 nitrogen and oxygen atoms in total. The zero-order valence-electron chi connectivity index (χ0n) is 7.38. The summed E-state index contributed by atoms with van der Waals surface area (Å²) in [7, 11) is -0.850. The second kappa shape index (κ2) is 3.68. The van der Waals surface area contributed by atoms with Crippen LogP contribution in [-0.4, -0.2) is 29.1 Å². The molecule has 6 heteroatoms. The normalized spacial score (nSPS) is 33.0. The summed E-state index contributed by atoms with van der Waals surface area (Å²) in [6.07, 6.45) is 0. The molecule has 0 atom stereocenters. The van der Waals surface area contributed by atoms with Crippen molar-refractivity contribution >= 4 is 31.1 Å². The average molecular weight is 407 g/mol. The van der Waals surface area contributed by atoms with E-state index in [0.717, 1.165) is 9.73 Å². The molecule has 0 radical (unpaired) electrons. The van der Waals surface area contributed by atoms with Gasteiger partial charge in [0, 0.05) is 0 Å². The van der Waals surface area contributed by atoms with E-state index in [9.17, 15) is 0 Å². The van der Waals surface area contributed by atoms with Crippen molar-refractivity contribution in [3.8, 4) is 5.75 Å². The van der Waals surface area contributed by atoms with Gasteiger partial charge in [0.05, 0.1) is 0 Å². The molecular weight excluding hydrogens is 398 g/mol. The fourth-order valence-electron chi connectivity index (χ4n) is 1.31. The van der Waals surface area contributed by atoms with Crippen LogP contribution in [0.3, 0.4) is 0 Å². The maximum atomic E-state index is 5.52. The quantitative estimate of drug-likeness (QED) is 0.567. The first-order valence-electron chi connectivity index (χ1n) is 4.42. The van der Waals surface area contributed by atoms with Gasteiger partial charge in [0.15, 0.2) is 0 Å². The SMILES string of the molecule is c1ccc(OC[CH2][Pb]23[O]P([O]2)[O]3)cc1. The number of ether oxygens (including phenoxy) is 1. The second-order valence-electron chi connectivity index (χ2n) is 3.09. The van der Waals surface area contributed by atoms with Gasteiger partial charge < -0.3 is 0 Å². The molecule has 14 heavy (non-hydrogen) atoms. The third kappa shape index (κ3) is 1.69. The van der Waals surface area contributed by atoms with Gasteiger partial charge in [-0.25, -0.2) is 0 Å². The van der Waals surface area contributed by atoms with Crippen LogP contribution >= 0.6 is 8.60 Å². The summed E-state index contributed by atoms with van der Waals surface area (Å²) in [6, 6.07) is 9.74. The molecule has 0 aromatic heterocycles. The van der Waals surface area contributed by atoms with Crippen LogP contribution in [0.5, 0.6) is 5.75 Å². The molecule has 3 saturated heterocycles. The summed E-state index contributed by atoms with van der Waals surface area (Å²) in [5, 5.41) is 0. The number of rotatable bonds is 4. The zero-order chi connectivity index (χ0) is 9.43. The number of benzene rings is 1. The van der Waals surface area contributed by atoms with Crippen molar-refractivity contribution in [1.82, 2.24) is 0 Å². The van der Waals surface area contributed by atoms with Crippen LogP contribution in [0, 0.1) is 0 Å². The van der Waals surface area contributed by atoms with Crippen LogP contribution in [0.25, 0.3) is 0 Å². The third-order valence-corrected chi connectivity index (χ3v) is 21.5. The molecule has 1 aromatic rings. The van der Waals surface area contributed by atoms with Crippen molar-refractivity contribution in [2.45, 2.75) is 3.98 Å². The van der Waals surface area contributed by atoms with Gasteiger partial charge in [-0.05, 0) is 0 Å². The topological polar surface area (TPSA) is 36.9 Å². The van der Waals surface area contributed by atoms with Gasteiger partial charge in [0.25, 0.3) is 0 Å². The Morgan fingerprint density at radius 3 is 2.43 bits per heavy atom. The molecule has 1 aromatic carbocycles. The minimum absolute atomic E-state index is 0.634. The first-order chi connectivity index (χ1) is 6.86. The Hall–Kier alpha value is 0.252. The molecule has 0 spiro atoms. The van der Waals surface area contributed by atoms with Crippen molar-refractivity contribution < 1.29 is 12.2 Å². The Morgan fingerprint density at radius 2 is 1.86 bits per heavy atom. The second-order valence-corrected chi connectivity index (χ2v) is 17.7. The van der Waals surface area contributed by atoms with Gasteiger partial charge in [-0.1, -0.05) is 0 Å². The molecule has 4 rings (SSSR count). The minimum atomic E-state index is -2.92. The Balaban J connectivity index is 1.46. The van der Waals surface area contributed by atoms with Crippen molar-refractivity contribution in [2.24, 2.45) is 0 Å². The summed E-state index contributed by atoms with van der Waals surface area (Å²) in [4.78, 5) is 0. The van der Waals surface area contributed by atoms with E-state index in [1.54, 1.807) is 0 Å². The van der Waals surface area contributed by atoms with Crippen LogP contribution < -0.4 is 4.74 Å². The Kier molecular flexibility index (Phi) is 2.49. The van der Waals surface area contributed by atoms with Gasteiger partial charge in [-0.3, -0.25) is 0 Å². The molecule has 2 bridgehead atoms. The molecule has 3 fully saturated rings. The monoisotopic (exact) mass is 408 g/mol. The molecule has 3 heterocycles. The fourth-order valence-corrected chi connectivity index (χ4v) is 15.3. The first-order valence-corrected chi connectivity index (χ1v) is 13.0. The van der Waals surface area contributed by atoms with Gasteiger partial charge in [0.2, 0.25) is 0 Å². The molecule has 3 aliphatic heterocycles. The number of hydrogen-bond acceptors (Lipinski definition) is 4. The molecular formula is C8H9O4PPb. The molecule has 74 valence electrons. The Morgan fingerprint density at radius 1 is 1.14 bits per heavy atom. The zero-order valence-corrected chi connectivity index (χ0v) is 12.2. The van der Waals surface area contributed by atoms with Crippen LogP contribution in [-0.2, 0) is 7.42 Å². The maximum absolute atomic E-state index is 5.52. The number of hydrogen-bond donors (Lipinski definition) is 0. The average Bonchev–Trinajstić information content (AvgIpc) is 2.09. The number of para-hydroxylation sites is 1. The van der Waals surface area contributed by atoms with E-state index in [1.165, 1.54) is 0 Å². The molecule has 3 aliphatic rings. The third-order valence-electron chi connectivity index (χ3n) is 2.06. The van der Waals surface area contributed by atoms with Crippen molar-refractivity contribution in [3.05, 3.63) is 30.3 Å². The summed E-state index contributed by atoms with van der Waals surface area (Å²) in [6.45, 7) is 0.634. The summed E-state index contributed by atoms with van der Waals surface area (Å²) >= 11 is -2.92. The molecule has 0 amide bonds. The van der Waals surface area contributed by atoms with E-state index >= 15 is 0 Å². The van der Waals surface area contributed by atoms with E-state index < -0.39 is 31.1 Å². The van der Waals surface area contributed by atoms with Gasteiger partial charge in [0.1, 0.15) is 0 Å². The van der Waals surface area contributed by atoms with E-state index in [-0.39, 0.29) is 0 Å². The van der Waals surface area contributed by atoms with E-state index in [1.807, 2.05) is 30.3 Å². The van der Waals surface area contributed by atoms with E-state index in [4.69, 9.17) is 12.2 Å². The van der Waals surface area contributed by atoms with Gasteiger partial charge in [-0.15, -0.1) is 0 Å². The summed E-state index contributed by atoms with van der Waals surface area (Å²) in [5.41, 5.74) is 0. The van der Waals surface area contributed by atoms with Gasteiger partial charge in [-0.2, -0.15) is 0 Å². The van der Waals surface area contributed by atoms with Crippen LogP contribution in [0.15, 0.2) is 30.3 Å².